The molecule has 0 aromatic heterocycles. The maximum atomic E-state index is 12.6. The molecular formula is C17H27ClN2O3. The van der Waals surface area contributed by atoms with Gasteiger partial charge in [0, 0.05) is 0 Å². The number of rotatable bonds is 6. The van der Waals surface area contributed by atoms with Crippen LogP contribution in [-0.4, -0.2) is 32.2 Å². The molecule has 1 fully saturated rings. The van der Waals surface area contributed by atoms with Gasteiger partial charge in [0.05, 0.1) is 25.8 Å². The van der Waals surface area contributed by atoms with Crippen molar-refractivity contribution in [3.05, 3.63) is 23.8 Å². The molecule has 2 N–H and O–H groups in total. The molecule has 1 saturated heterocycles. The van der Waals surface area contributed by atoms with Gasteiger partial charge in [0.2, 0.25) is 5.91 Å². The molecule has 1 amide bonds. The van der Waals surface area contributed by atoms with Crippen molar-refractivity contribution in [1.82, 2.24) is 10.6 Å². The lowest BCUT2D eigenvalue weighted by molar-refractivity contribution is -0.128. The minimum atomic E-state index is -0.412. The van der Waals surface area contributed by atoms with Crippen molar-refractivity contribution in [1.29, 1.82) is 0 Å². The average molecular weight is 343 g/mol. The fourth-order valence-electron chi connectivity index (χ4n) is 3.00. The van der Waals surface area contributed by atoms with E-state index in [0.717, 1.165) is 31.4 Å². The lowest BCUT2D eigenvalue weighted by Crippen LogP contribution is -2.53. The number of methoxy groups -OCH3 is 2. The summed E-state index contributed by atoms with van der Waals surface area (Å²) in [6, 6.07) is 5.63. The van der Waals surface area contributed by atoms with E-state index in [1.54, 1.807) is 14.2 Å². The van der Waals surface area contributed by atoms with Gasteiger partial charge in [-0.3, -0.25) is 4.79 Å². The highest BCUT2D eigenvalue weighted by Crippen LogP contribution is 2.30. The fraction of sp³-hybridized carbons (Fsp3) is 0.588. The van der Waals surface area contributed by atoms with Crippen LogP contribution in [0.1, 0.15) is 44.7 Å². The lowest BCUT2D eigenvalue weighted by atomic mass is 9.92. The third-order valence-corrected chi connectivity index (χ3v) is 4.54. The van der Waals surface area contributed by atoms with Crippen LogP contribution in [0.15, 0.2) is 18.2 Å². The summed E-state index contributed by atoms with van der Waals surface area (Å²) in [4.78, 5) is 12.6. The van der Waals surface area contributed by atoms with Crippen LogP contribution in [0.2, 0.25) is 0 Å². The van der Waals surface area contributed by atoms with Crippen molar-refractivity contribution in [2.75, 3.05) is 20.8 Å². The SMILES string of the molecule is CCC1(C(=O)NC(C)c2ccc(OC)c(OC)c2)CCCN1.Cl. The summed E-state index contributed by atoms with van der Waals surface area (Å²) in [6.45, 7) is 4.95. The molecule has 6 heteroatoms. The number of carbonyl (C=O) groups is 1. The summed E-state index contributed by atoms with van der Waals surface area (Å²) in [6.07, 6.45) is 2.75. The second-order valence-corrected chi connectivity index (χ2v) is 5.78. The lowest BCUT2D eigenvalue weighted by Gasteiger charge is -2.29. The zero-order valence-corrected chi connectivity index (χ0v) is 15.1. The average Bonchev–Trinajstić information content (AvgIpc) is 3.04. The van der Waals surface area contributed by atoms with E-state index in [9.17, 15) is 4.79 Å². The van der Waals surface area contributed by atoms with Crippen molar-refractivity contribution >= 4 is 18.3 Å². The minimum Gasteiger partial charge on any atom is -0.493 e. The summed E-state index contributed by atoms with van der Waals surface area (Å²) in [5, 5.41) is 6.48. The minimum absolute atomic E-state index is 0. The Bertz CT molecular complexity index is 531. The summed E-state index contributed by atoms with van der Waals surface area (Å²) >= 11 is 0. The molecule has 23 heavy (non-hydrogen) atoms. The zero-order chi connectivity index (χ0) is 16.2. The summed E-state index contributed by atoms with van der Waals surface area (Å²) in [7, 11) is 3.22. The Morgan fingerprint density at radius 2 is 2.04 bits per heavy atom. The molecule has 0 radical (unpaired) electrons. The number of hydrogen-bond acceptors (Lipinski definition) is 4. The molecule has 0 spiro atoms. The predicted octanol–water partition coefficient (Wildman–Crippen LogP) is 2.84. The molecule has 1 aromatic rings. The van der Waals surface area contributed by atoms with Crippen molar-refractivity contribution in [2.45, 2.75) is 44.7 Å². The molecule has 2 unspecified atom stereocenters. The Morgan fingerprint density at radius 1 is 1.35 bits per heavy atom. The maximum Gasteiger partial charge on any atom is 0.240 e. The zero-order valence-electron chi connectivity index (χ0n) is 14.3. The standard InChI is InChI=1S/C17H26N2O3.ClH/c1-5-17(9-6-10-18-17)16(20)19-12(2)13-7-8-14(21-3)15(11-13)22-4;/h7-8,11-12,18H,5-6,9-10H2,1-4H3,(H,19,20);1H. The van der Waals surface area contributed by atoms with Gasteiger partial charge < -0.3 is 20.1 Å². The van der Waals surface area contributed by atoms with E-state index in [1.165, 1.54) is 0 Å². The first-order chi connectivity index (χ1) is 10.6. The molecule has 1 aliphatic heterocycles. The largest absolute Gasteiger partial charge is 0.493 e. The normalized spacial score (nSPS) is 21.2. The van der Waals surface area contributed by atoms with Crippen molar-refractivity contribution in [3.8, 4) is 11.5 Å². The number of carbonyl (C=O) groups excluding carboxylic acids is 1. The van der Waals surface area contributed by atoms with Crippen molar-refractivity contribution in [2.24, 2.45) is 0 Å². The first-order valence-corrected chi connectivity index (χ1v) is 7.84. The molecule has 5 nitrogen and oxygen atoms in total. The molecule has 2 rings (SSSR count). The Balaban J connectivity index is 0.00000264. The smallest absolute Gasteiger partial charge is 0.240 e. The van der Waals surface area contributed by atoms with Crippen LogP contribution in [0.5, 0.6) is 11.5 Å². The topological polar surface area (TPSA) is 59.6 Å². The quantitative estimate of drug-likeness (QED) is 0.834. The van der Waals surface area contributed by atoms with Gasteiger partial charge >= 0.3 is 0 Å². The highest BCUT2D eigenvalue weighted by atomic mass is 35.5. The molecule has 0 aliphatic carbocycles. The first kappa shape index (κ1) is 19.6. The number of hydrogen-bond donors (Lipinski definition) is 2. The van der Waals surface area contributed by atoms with Gasteiger partial charge in [0.25, 0.3) is 0 Å². The van der Waals surface area contributed by atoms with Crippen LogP contribution >= 0.6 is 12.4 Å². The maximum absolute atomic E-state index is 12.6. The molecular weight excluding hydrogens is 316 g/mol. The fourth-order valence-corrected chi connectivity index (χ4v) is 3.00. The van der Waals surface area contributed by atoms with Gasteiger partial charge in [0.1, 0.15) is 0 Å². The monoisotopic (exact) mass is 342 g/mol. The number of ether oxygens (including phenoxy) is 2. The molecule has 0 bridgehead atoms. The second kappa shape index (κ2) is 8.41. The molecule has 1 aliphatic rings. The van der Waals surface area contributed by atoms with E-state index in [4.69, 9.17) is 9.47 Å². The summed E-state index contributed by atoms with van der Waals surface area (Å²) in [5.41, 5.74) is 0.584. The van der Waals surface area contributed by atoms with Crippen LogP contribution in [0.4, 0.5) is 0 Å². The van der Waals surface area contributed by atoms with Crippen molar-refractivity contribution < 1.29 is 14.3 Å². The van der Waals surface area contributed by atoms with E-state index in [2.05, 4.69) is 17.6 Å². The number of amides is 1. The van der Waals surface area contributed by atoms with Crippen LogP contribution < -0.4 is 20.1 Å². The summed E-state index contributed by atoms with van der Waals surface area (Å²) < 4.78 is 10.6. The highest BCUT2D eigenvalue weighted by molar-refractivity contribution is 5.87. The molecule has 130 valence electrons. The molecule has 1 heterocycles. The van der Waals surface area contributed by atoms with Gasteiger partial charge in [-0.15, -0.1) is 12.4 Å². The van der Waals surface area contributed by atoms with E-state index in [-0.39, 0.29) is 24.4 Å². The second-order valence-electron chi connectivity index (χ2n) is 5.78. The van der Waals surface area contributed by atoms with Crippen LogP contribution in [0, 0.1) is 0 Å². The Kier molecular flexibility index (Phi) is 7.16. The molecule has 2 atom stereocenters. The Hall–Kier alpha value is -1.46. The van der Waals surface area contributed by atoms with Crippen LogP contribution in [-0.2, 0) is 4.79 Å². The van der Waals surface area contributed by atoms with Crippen LogP contribution in [0.25, 0.3) is 0 Å². The van der Waals surface area contributed by atoms with Gasteiger partial charge in [-0.05, 0) is 50.4 Å². The van der Waals surface area contributed by atoms with E-state index >= 15 is 0 Å². The van der Waals surface area contributed by atoms with E-state index < -0.39 is 5.54 Å². The molecule has 1 aromatic carbocycles. The third kappa shape index (κ3) is 4.09. The third-order valence-electron chi connectivity index (χ3n) is 4.54. The van der Waals surface area contributed by atoms with E-state index in [1.807, 2.05) is 25.1 Å². The van der Waals surface area contributed by atoms with Gasteiger partial charge in [0.15, 0.2) is 11.5 Å². The predicted molar refractivity (Wildman–Crippen MR) is 93.6 cm³/mol. The van der Waals surface area contributed by atoms with E-state index in [0.29, 0.717) is 11.5 Å². The Morgan fingerprint density at radius 3 is 2.57 bits per heavy atom. The van der Waals surface area contributed by atoms with Crippen LogP contribution in [0.3, 0.4) is 0 Å². The molecule has 0 saturated carbocycles. The summed E-state index contributed by atoms with van der Waals surface area (Å²) in [5.74, 6) is 1.44. The number of halogens is 1. The van der Waals surface area contributed by atoms with Gasteiger partial charge in [-0.25, -0.2) is 0 Å². The van der Waals surface area contributed by atoms with Gasteiger partial charge in [-0.2, -0.15) is 0 Å². The Labute approximate surface area is 144 Å². The highest BCUT2D eigenvalue weighted by Gasteiger charge is 2.39. The number of benzene rings is 1. The van der Waals surface area contributed by atoms with Gasteiger partial charge in [-0.1, -0.05) is 13.0 Å². The van der Waals surface area contributed by atoms with Crippen molar-refractivity contribution in [3.63, 3.8) is 0 Å². The first-order valence-electron chi connectivity index (χ1n) is 7.84. The number of nitrogens with one attached hydrogen (secondary N) is 2.